The van der Waals surface area contributed by atoms with Gasteiger partial charge in [-0.15, -0.1) is 0 Å². The SMILES string of the molecule is CC.CC/C=C(\CC(C)c1ccc(F)cc1)N(c1ccccc1)c1ccccc1.CCC. The molecular weight excluding hydrogens is 393 g/mol. The minimum atomic E-state index is -0.189. The van der Waals surface area contributed by atoms with E-state index in [-0.39, 0.29) is 5.82 Å². The first-order valence-corrected chi connectivity index (χ1v) is 11.9. The summed E-state index contributed by atoms with van der Waals surface area (Å²) in [6.45, 7) is 12.6. The van der Waals surface area contributed by atoms with Crippen LogP contribution in [-0.2, 0) is 0 Å². The quantitative estimate of drug-likeness (QED) is 0.358. The van der Waals surface area contributed by atoms with Crippen LogP contribution in [0.5, 0.6) is 0 Å². The molecule has 0 fully saturated rings. The predicted molar refractivity (Wildman–Crippen MR) is 140 cm³/mol. The van der Waals surface area contributed by atoms with E-state index in [1.807, 2.05) is 38.1 Å². The van der Waals surface area contributed by atoms with E-state index in [9.17, 15) is 4.39 Å². The molecule has 1 nitrogen and oxygen atoms in total. The molecule has 3 rings (SSSR count). The van der Waals surface area contributed by atoms with Crippen LogP contribution in [0.4, 0.5) is 15.8 Å². The van der Waals surface area contributed by atoms with Gasteiger partial charge in [0.2, 0.25) is 0 Å². The van der Waals surface area contributed by atoms with Crippen molar-refractivity contribution in [2.24, 2.45) is 0 Å². The number of para-hydroxylation sites is 2. The molecule has 0 aliphatic carbocycles. The van der Waals surface area contributed by atoms with E-state index in [4.69, 9.17) is 0 Å². The van der Waals surface area contributed by atoms with Gasteiger partial charge in [-0.3, -0.25) is 0 Å². The first kappa shape index (κ1) is 27.2. The summed E-state index contributed by atoms with van der Waals surface area (Å²) < 4.78 is 13.3. The molecule has 32 heavy (non-hydrogen) atoms. The highest BCUT2D eigenvalue weighted by molar-refractivity contribution is 5.68. The van der Waals surface area contributed by atoms with E-state index >= 15 is 0 Å². The lowest BCUT2D eigenvalue weighted by Crippen LogP contribution is -2.18. The van der Waals surface area contributed by atoms with Crippen LogP contribution in [0.2, 0.25) is 0 Å². The van der Waals surface area contributed by atoms with Gasteiger partial charge in [0, 0.05) is 17.1 Å². The topological polar surface area (TPSA) is 3.24 Å². The molecule has 0 aromatic heterocycles. The molecule has 3 aromatic rings. The lowest BCUT2D eigenvalue weighted by atomic mass is 9.95. The number of halogens is 1. The maximum Gasteiger partial charge on any atom is 0.123 e. The Morgan fingerprint density at radius 3 is 1.62 bits per heavy atom. The van der Waals surface area contributed by atoms with E-state index < -0.39 is 0 Å². The smallest absolute Gasteiger partial charge is 0.123 e. The van der Waals surface area contributed by atoms with Crippen molar-refractivity contribution in [3.05, 3.63) is 108 Å². The summed E-state index contributed by atoms with van der Waals surface area (Å²) in [7, 11) is 0. The van der Waals surface area contributed by atoms with E-state index in [0.717, 1.165) is 29.8 Å². The molecular formula is C30H40FN. The standard InChI is InChI=1S/C25H26FN.C3H8.C2H6/c1-3-10-25(19-20(2)21-15-17-22(26)18-16-21)27(23-11-6-4-7-12-23)24-13-8-5-9-14-24;1-3-2;1-2/h4-18,20H,3,19H2,1-2H3;3H2,1-2H3;1-2H3/b25-10+;;. The Balaban J connectivity index is 0.000000944. The zero-order chi connectivity index (χ0) is 23.8. The van der Waals surface area contributed by atoms with Crippen LogP contribution in [0.3, 0.4) is 0 Å². The molecule has 0 bridgehead atoms. The Morgan fingerprint density at radius 2 is 1.22 bits per heavy atom. The molecule has 3 aromatic carbocycles. The Labute approximate surface area is 195 Å². The van der Waals surface area contributed by atoms with E-state index in [1.165, 1.54) is 12.1 Å². The fraction of sp³-hybridized carbons (Fsp3) is 0.333. The van der Waals surface area contributed by atoms with Crippen molar-refractivity contribution in [2.75, 3.05) is 4.90 Å². The highest BCUT2D eigenvalue weighted by atomic mass is 19.1. The maximum absolute atomic E-state index is 13.3. The van der Waals surface area contributed by atoms with Crippen molar-refractivity contribution in [2.45, 2.75) is 66.7 Å². The normalized spacial score (nSPS) is 11.4. The fourth-order valence-electron chi connectivity index (χ4n) is 3.36. The average Bonchev–Trinajstić information content (AvgIpc) is 2.83. The Bertz CT molecular complexity index is 830. The third-order valence-corrected chi connectivity index (χ3v) is 4.71. The minimum Gasteiger partial charge on any atom is -0.315 e. The molecule has 172 valence electrons. The third kappa shape index (κ3) is 8.70. The van der Waals surface area contributed by atoms with E-state index in [0.29, 0.717) is 5.92 Å². The van der Waals surface area contributed by atoms with Gasteiger partial charge in [0.1, 0.15) is 5.82 Å². The van der Waals surface area contributed by atoms with Gasteiger partial charge in [-0.2, -0.15) is 0 Å². The number of hydrogen-bond donors (Lipinski definition) is 0. The number of hydrogen-bond acceptors (Lipinski definition) is 1. The zero-order valence-corrected chi connectivity index (χ0v) is 20.7. The second-order valence-electron chi connectivity index (χ2n) is 7.47. The van der Waals surface area contributed by atoms with Gasteiger partial charge in [-0.25, -0.2) is 4.39 Å². The van der Waals surface area contributed by atoms with Crippen molar-refractivity contribution in [3.8, 4) is 0 Å². The summed E-state index contributed by atoms with van der Waals surface area (Å²) in [5, 5.41) is 0. The van der Waals surface area contributed by atoms with Crippen LogP contribution in [0.1, 0.15) is 72.3 Å². The third-order valence-electron chi connectivity index (χ3n) is 4.71. The molecule has 0 amide bonds. The minimum absolute atomic E-state index is 0.189. The van der Waals surface area contributed by atoms with Gasteiger partial charge in [0.25, 0.3) is 0 Å². The Morgan fingerprint density at radius 1 is 0.781 bits per heavy atom. The summed E-state index contributed by atoms with van der Waals surface area (Å²) in [6.07, 6.45) is 5.38. The summed E-state index contributed by atoms with van der Waals surface area (Å²) in [5.74, 6) is 0.101. The molecule has 0 radical (unpaired) electrons. The molecule has 0 heterocycles. The van der Waals surface area contributed by atoms with Crippen LogP contribution >= 0.6 is 0 Å². The lowest BCUT2D eigenvalue weighted by molar-refractivity contribution is 0.625. The molecule has 0 aliphatic heterocycles. The van der Waals surface area contributed by atoms with Gasteiger partial charge < -0.3 is 4.90 Å². The van der Waals surface area contributed by atoms with Crippen LogP contribution in [0.25, 0.3) is 0 Å². The van der Waals surface area contributed by atoms with E-state index in [1.54, 1.807) is 12.1 Å². The number of anilines is 2. The van der Waals surface area contributed by atoms with Gasteiger partial charge in [0.05, 0.1) is 0 Å². The highest BCUT2D eigenvalue weighted by Gasteiger charge is 2.17. The average molecular weight is 434 g/mol. The van der Waals surface area contributed by atoms with Gasteiger partial charge in [-0.05, 0) is 60.7 Å². The molecule has 1 atom stereocenters. The molecule has 1 unspecified atom stereocenters. The second-order valence-corrected chi connectivity index (χ2v) is 7.47. The van der Waals surface area contributed by atoms with Crippen LogP contribution < -0.4 is 4.90 Å². The van der Waals surface area contributed by atoms with Gasteiger partial charge >= 0.3 is 0 Å². The van der Waals surface area contributed by atoms with Crippen LogP contribution in [0.15, 0.2) is 96.7 Å². The first-order valence-electron chi connectivity index (χ1n) is 11.9. The summed E-state index contributed by atoms with van der Waals surface area (Å²) in [5.41, 5.74) is 4.70. The Kier molecular flexibility index (Phi) is 13.5. The van der Waals surface area contributed by atoms with Crippen molar-refractivity contribution < 1.29 is 4.39 Å². The van der Waals surface area contributed by atoms with E-state index in [2.05, 4.69) is 87.2 Å². The second kappa shape index (κ2) is 15.9. The summed E-state index contributed by atoms with van der Waals surface area (Å²) in [4.78, 5) is 2.32. The van der Waals surface area contributed by atoms with Gasteiger partial charge in [-0.1, -0.05) is 103 Å². The van der Waals surface area contributed by atoms with Gasteiger partial charge in [0.15, 0.2) is 0 Å². The lowest BCUT2D eigenvalue weighted by Gasteiger charge is -2.30. The molecule has 0 saturated heterocycles. The summed E-state index contributed by atoms with van der Waals surface area (Å²) in [6, 6.07) is 27.8. The number of nitrogens with zero attached hydrogens (tertiary/aromatic N) is 1. The first-order chi connectivity index (χ1) is 15.6. The molecule has 2 heteroatoms. The van der Waals surface area contributed by atoms with Crippen LogP contribution in [0, 0.1) is 5.82 Å². The van der Waals surface area contributed by atoms with Crippen molar-refractivity contribution in [3.63, 3.8) is 0 Å². The molecule has 0 spiro atoms. The largest absolute Gasteiger partial charge is 0.315 e. The fourth-order valence-corrected chi connectivity index (χ4v) is 3.36. The monoisotopic (exact) mass is 433 g/mol. The highest BCUT2D eigenvalue weighted by Crippen LogP contribution is 2.34. The predicted octanol–water partition coefficient (Wildman–Crippen LogP) is 9.89. The Hall–Kier alpha value is -2.87. The number of rotatable bonds is 7. The van der Waals surface area contributed by atoms with Crippen LogP contribution in [-0.4, -0.2) is 0 Å². The van der Waals surface area contributed by atoms with Crippen molar-refractivity contribution >= 4 is 11.4 Å². The number of benzene rings is 3. The molecule has 0 aliphatic rings. The van der Waals surface area contributed by atoms with Crippen molar-refractivity contribution in [1.82, 2.24) is 0 Å². The molecule has 0 N–H and O–H groups in total. The number of allylic oxidation sites excluding steroid dienone is 2. The summed E-state index contributed by atoms with van der Waals surface area (Å²) >= 11 is 0. The van der Waals surface area contributed by atoms with Crippen molar-refractivity contribution in [1.29, 1.82) is 0 Å². The molecule has 0 saturated carbocycles. The maximum atomic E-state index is 13.3. The zero-order valence-electron chi connectivity index (χ0n) is 20.7.